The van der Waals surface area contributed by atoms with Crippen molar-refractivity contribution in [3.63, 3.8) is 0 Å². The van der Waals surface area contributed by atoms with E-state index in [1.54, 1.807) is 14.2 Å². The Balaban J connectivity index is 3.30. The van der Waals surface area contributed by atoms with Gasteiger partial charge in [0.25, 0.3) is 0 Å². The minimum absolute atomic E-state index is 0.180. The van der Waals surface area contributed by atoms with Gasteiger partial charge in [-0.15, -0.1) is 0 Å². The van der Waals surface area contributed by atoms with Crippen LogP contribution in [-0.4, -0.2) is 46.3 Å². The lowest BCUT2D eigenvalue weighted by Gasteiger charge is -2.22. The predicted molar refractivity (Wildman–Crippen MR) is 65.6 cm³/mol. The molecule has 0 radical (unpaired) electrons. The predicted octanol–water partition coefficient (Wildman–Crippen LogP) is 1.79. The first kappa shape index (κ1) is 15.8. The number of hydrogen-bond acceptors (Lipinski definition) is 4. The van der Waals surface area contributed by atoms with E-state index >= 15 is 0 Å². The first-order valence-corrected chi connectivity index (χ1v) is 6.13. The lowest BCUT2D eigenvalue weighted by molar-refractivity contribution is -0.119. The van der Waals surface area contributed by atoms with Crippen molar-refractivity contribution in [3.05, 3.63) is 0 Å². The van der Waals surface area contributed by atoms with E-state index in [9.17, 15) is 0 Å². The second-order valence-corrected chi connectivity index (χ2v) is 3.90. The van der Waals surface area contributed by atoms with Gasteiger partial charge in [0.05, 0.1) is 6.04 Å². The molecule has 0 aliphatic rings. The van der Waals surface area contributed by atoms with Crippen molar-refractivity contribution >= 4 is 0 Å². The third kappa shape index (κ3) is 8.05. The molecule has 16 heavy (non-hydrogen) atoms. The molecule has 0 heterocycles. The molecule has 4 nitrogen and oxygen atoms in total. The van der Waals surface area contributed by atoms with E-state index in [0.717, 1.165) is 32.6 Å². The molecule has 0 saturated carbocycles. The van der Waals surface area contributed by atoms with Gasteiger partial charge in [0, 0.05) is 27.4 Å². The zero-order valence-corrected chi connectivity index (χ0v) is 11.1. The van der Waals surface area contributed by atoms with Crippen LogP contribution in [0.4, 0.5) is 0 Å². The van der Waals surface area contributed by atoms with Crippen molar-refractivity contribution in [1.29, 1.82) is 0 Å². The van der Waals surface area contributed by atoms with Gasteiger partial charge < -0.3 is 19.5 Å². The Morgan fingerprint density at radius 2 is 1.69 bits per heavy atom. The van der Waals surface area contributed by atoms with Gasteiger partial charge in [-0.25, -0.2) is 0 Å². The fourth-order valence-corrected chi connectivity index (χ4v) is 1.45. The lowest BCUT2D eigenvalue weighted by Crippen LogP contribution is -2.40. The molecule has 0 aromatic rings. The molecule has 0 fully saturated rings. The average molecular weight is 233 g/mol. The van der Waals surface area contributed by atoms with E-state index in [4.69, 9.17) is 14.2 Å². The van der Waals surface area contributed by atoms with Gasteiger partial charge in [-0.2, -0.15) is 0 Å². The topological polar surface area (TPSA) is 39.7 Å². The van der Waals surface area contributed by atoms with Crippen LogP contribution in [0.15, 0.2) is 0 Å². The minimum atomic E-state index is -0.180. The summed E-state index contributed by atoms with van der Waals surface area (Å²) in [6.07, 6.45) is 3.19. The number of ether oxygens (including phenoxy) is 3. The Bertz CT molecular complexity index is 140. The Hall–Kier alpha value is -0.160. The fraction of sp³-hybridized carbons (Fsp3) is 1.00. The van der Waals surface area contributed by atoms with Crippen LogP contribution in [0.3, 0.4) is 0 Å². The van der Waals surface area contributed by atoms with E-state index in [1.807, 2.05) is 0 Å². The Morgan fingerprint density at radius 3 is 2.25 bits per heavy atom. The average Bonchev–Trinajstić information content (AvgIpc) is 2.29. The molecule has 1 N–H and O–H groups in total. The van der Waals surface area contributed by atoms with Crippen LogP contribution in [0, 0.1) is 0 Å². The first-order chi connectivity index (χ1) is 7.76. The largest absolute Gasteiger partial charge is 0.381 e. The van der Waals surface area contributed by atoms with Crippen molar-refractivity contribution in [2.45, 2.75) is 45.4 Å². The maximum absolute atomic E-state index is 5.47. The molecule has 0 aromatic heterocycles. The molecule has 1 atom stereocenters. The van der Waals surface area contributed by atoms with Crippen LogP contribution < -0.4 is 5.32 Å². The van der Waals surface area contributed by atoms with E-state index < -0.39 is 0 Å². The summed E-state index contributed by atoms with van der Waals surface area (Å²) in [7, 11) is 3.31. The van der Waals surface area contributed by atoms with Crippen LogP contribution in [0.2, 0.25) is 0 Å². The number of hydrogen-bond donors (Lipinski definition) is 1. The lowest BCUT2D eigenvalue weighted by atomic mass is 10.3. The molecule has 0 spiro atoms. The van der Waals surface area contributed by atoms with E-state index in [0.29, 0.717) is 0 Å². The highest BCUT2D eigenvalue weighted by molar-refractivity contribution is 4.64. The number of rotatable bonds is 11. The maximum Gasteiger partial charge on any atom is 0.171 e. The molecular weight excluding hydrogens is 206 g/mol. The highest BCUT2D eigenvalue weighted by atomic mass is 16.7. The van der Waals surface area contributed by atoms with Crippen LogP contribution in [0.5, 0.6) is 0 Å². The van der Waals surface area contributed by atoms with Crippen molar-refractivity contribution in [2.24, 2.45) is 0 Å². The van der Waals surface area contributed by atoms with Gasteiger partial charge in [0.15, 0.2) is 6.29 Å². The summed E-state index contributed by atoms with van der Waals surface area (Å²) in [6.45, 7) is 6.85. The SMILES string of the molecule is CCCCOCCCNC(C)C(OC)OC. The summed E-state index contributed by atoms with van der Waals surface area (Å²) < 4.78 is 15.8. The van der Waals surface area contributed by atoms with Crippen LogP contribution in [-0.2, 0) is 14.2 Å². The fourth-order valence-electron chi connectivity index (χ4n) is 1.45. The van der Waals surface area contributed by atoms with Crippen molar-refractivity contribution in [3.8, 4) is 0 Å². The summed E-state index contributed by atoms with van der Waals surface area (Å²) in [6, 6.07) is 0.200. The van der Waals surface area contributed by atoms with Gasteiger partial charge in [-0.1, -0.05) is 13.3 Å². The van der Waals surface area contributed by atoms with E-state index in [2.05, 4.69) is 19.2 Å². The third-order valence-electron chi connectivity index (χ3n) is 2.45. The normalized spacial score (nSPS) is 13.3. The molecule has 0 amide bonds. The second kappa shape index (κ2) is 11.3. The highest BCUT2D eigenvalue weighted by Crippen LogP contribution is 1.98. The Morgan fingerprint density at radius 1 is 1.06 bits per heavy atom. The summed E-state index contributed by atoms with van der Waals surface area (Å²) in [5, 5.41) is 3.35. The number of unbranched alkanes of at least 4 members (excludes halogenated alkanes) is 1. The maximum atomic E-state index is 5.47. The van der Waals surface area contributed by atoms with Gasteiger partial charge in [-0.3, -0.25) is 0 Å². The van der Waals surface area contributed by atoms with Crippen molar-refractivity contribution in [2.75, 3.05) is 34.0 Å². The smallest absolute Gasteiger partial charge is 0.171 e. The molecule has 0 aliphatic carbocycles. The van der Waals surface area contributed by atoms with Gasteiger partial charge in [0.1, 0.15) is 0 Å². The zero-order chi connectivity index (χ0) is 12.2. The Labute approximate surface area is 99.6 Å². The molecule has 0 bridgehead atoms. The summed E-state index contributed by atoms with van der Waals surface area (Å²) >= 11 is 0. The van der Waals surface area contributed by atoms with Crippen molar-refractivity contribution < 1.29 is 14.2 Å². The van der Waals surface area contributed by atoms with Crippen LogP contribution in [0.25, 0.3) is 0 Å². The number of methoxy groups -OCH3 is 2. The molecular formula is C12H27NO3. The monoisotopic (exact) mass is 233 g/mol. The van der Waals surface area contributed by atoms with Crippen LogP contribution >= 0.6 is 0 Å². The zero-order valence-electron chi connectivity index (χ0n) is 11.1. The molecule has 0 rings (SSSR count). The number of nitrogens with one attached hydrogen (secondary N) is 1. The summed E-state index contributed by atoms with van der Waals surface area (Å²) in [5.41, 5.74) is 0. The molecule has 0 aliphatic heterocycles. The summed E-state index contributed by atoms with van der Waals surface area (Å²) in [4.78, 5) is 0. The van der Waals surface area contributed by atoms with E-state index in [-0.39, 0.29) is 12.3 Å². The van der Waals surface area contributed by atoms with Gasteiger partial charge >= 0.3 is 0 Å². The van der Waals surface area contributed by atoms with Gasteiger partial charge in [0.2, 0.25) is 0 Å². The standard InChI is InChI=1S/C12H27NO3/c1-5-6-9-16-10-7-8-13-11(2)12(14-3)15-4/h11-13H,5-10H2,1-4H3. The second-order valence-electron chi connectivity index (χ2n) is 3.90. The minimum Gasteiger partial charge on any atom is -0.381 e. The Kier molecular flexibility index (Phi) is 11.2. The molecule has 0 saturated heterocycles. The molecule has 0 aromatic carbocycles. The van der Waals surface area contributed by atoms with E-state index in [1.165, 1.54) is 6.42 Å². The van der Waals surface area contributed by atoms with Gasteiger partial charge in [-0.05, 0) is 26.3 Å². The molecule has 98 valence electrons. The molecule has 4 heteroatoms. The third-order valence-corrected chi connectivity index (χ3v) is 2.45. The first-order valence-electron chi connectivity index (χ1n) is 6.13. The summed E-state index contributed by atoms with van der Waals surface area (Å²) in [5.74, 6) is 0. The quantitative estimate of drug-likeness (QED) is 0.436. The van der Waals surface area contributed by atoms with Crippen molar-refractivity contribution in [1.82, 2.24) is 5.32 Å². The highest BCUT2D eigenvalue weighted by Gasteiger charge is 2.13. The van der Waals surface area contributed by atoms with Crippen LogP contribution in [0.1, 0.15) is 33.1 Å². The molecule has 1 unspecified atom stereocenters.